The average molecular weight is 387 g/mol. The van der Waals surface area contributed by atoms with Crippen molar-refractivity contribution in [3.05, 3.63) is 58.6 Å². The Labute approximate surface area is 159 Å². The molecule has 0 bridgehead atoms. The number of amides is 2. The van der Waals surface area contributed by atoms with Crippen molar-refractivity contribution in [2.45, 2.75) is 6.92 Å². The Bertz CT molecular complexity index is 957. The first kappa shape index (κ1) is 18.6. The standard InChI is InChI=1S/C19H15ClN2O5/c1-11-6-7-12(8-14(11)20)21-16(23)10-27-17(24)9-22-15-5-3-2-4-13(15)18(25)19(22)26/h2-8H,9-10H2,1H3,(H,21,23). The van der Waals surface area contributed by atoms with Gasteiger partial charge in [-0.25, -0.2) is 0 Å². The topological polar surface area (TPSA) is 92.8 Å². The highest BCUT2D eigenvalue weighted by molar-refractivity contribution is 6.52. The van der Waals surface area contributed by atoms with Crippen LogP contribution in [-0.2, 0) is 19.1 Å². The van der Waals surface area contributed by atoms with Crippen LogP contribution in [0.4, 0.5) is 11.4 Å². The number of hydrogen-bond donors (Lipinski definition) is 1. The van der Waals surface area contributed by atoms with E-state index in [0.29, 0.717) is 16.4 Å². The Morgan fingerprint density at radius 1 is 1.15 bits per heavy atom. The van der Waals surface area contributed by atoms with Gasteiger partial charge in [-0.05, 0) is 36.8 Å². The van der Waals surface area contributed by atoms with E-state index in [4.69, 9.17) is 16.3 Å². The molecule has 27 heavy (non-hydrogen) atoms. The predicted octanol–water partition coefficient (Wildman–Crippen LogP) is 2.36. The van der Waals surface area contributed by atoms with Crippen molar-refractivity contribution >= 4 is 46.5 Å². The molecular weight excluding hydrogens is 372 g/mol. The number of ketones is 1. The number of para-hydroxylation sites is 1. The fourth-order valence-electron chi connectivity index (χ4n) is 2.59. The van der Waals surface area contributed by atoms with Crippen molar-refractivity contribution < 1.29 is 23.9 Å². The summed E-state index contributed by atoms with van der Waals surface area (Å²) >= 11 is 5.99. The van der Waals surface area contributed by atoms with Crippen LogP contribution in [0.25, 0.3) is 0 Å². The molecule has 0 fully saturated rings. The van der Waals surface area contributed by atoms with Gasteiger partial charge in [0.25, 0.3) is 17.6 Å². The molecule has 2 aromatic rings. The van der Waals surface area contributed by atoms with Gasteiger partial charge in [-0.15, -0.1) is 0 Å². The van der Waals surface area contributed by atoms with Crippen molar-refractivity contribution in [1.82, 2.24) is 0 Å². The van der Waals surface area contributed by atoms with Crippen molar-refractivity contribution in [3.8, 4) is 0 Å². The Morgan fingerprint density at radius 3 is 2.63 bits per heavy atom. The number of carbonyl (C=O) groups excluding carboxylic acids is 4. The lowest BCUT2D eigenvalue weighted by Gasteiger charge is -2.15. The van der Waals surface area contributed by atoms with Crippen LogP contribution in [-0.4, -0.2) is 36.7 Å². The van der Waals surface area contributed by atoms with Gasteiger partial charge in [0.1, 0.15) is 6.54 Å². The molecule has 8 heteroatoms. The second-order valence-electron chi connectivity index (χ2n) is 5.91. The van der Waals surface area contributed by atoms with Crippen molar-refractivity contribution in [2.24, 2.45) is 0 Å². The minimum Gasteiger partial charge on any atom is -0.454 e. The van der Waals surface area contributed by atoms with Gasteiger partial charge in [0, 0.05) is 10.7 Å². The summed E-state index contributed by atoms with van der Waals surface area (Å²) in [5.74, 6) is -2.82. The third-order valence-corrected chi connectivity index (χ3v) is 4.39. The van der Waals surface area contributed by atoms with Crippen LogP contribution in [0.3, 0.4) is 0 Å². The fourth-order valence-corrected chi connectivity index (χ4v) is 2.77. The lowest BCUT2D eigenvalue weighted by atomic mass is 10.1. The van der Waals surface area contributed by atoms with Gasteiger partial charge in [0.2, 0.25) is 0 Å². The molecular formula is C19H15ClN2O5. The molecule has 0 saturated heterocycles. The maximum Gasteiger partial charge on any atom is 0.326 e. The van der Waals surface area contributed by atoms with Gasteiger partial charge in [-0.2, -0.15) is 0 Å². The Hall–Kier alpha value is -3.19. The smallest absolute Gasteiger partial charge is 0.326 e. The minimum atomic E-state index is -0.801. The first-order valence-electron chi connectivity index (χ1n) is 8.03. The number of aryl methyl sites for hydroxylation is 1. The Balaban J connectivity index is 1.55. The summed E-state index contributed by atoms with van der Waals surface area (Å²) in [7, 11) is 0. The van der Waals surface area contributed by atoms with Crippen molar-refractivity contribution in [1.29, 1.82) is 0 Å². The van der Waals surface area contributed by atoms with Crippen LogP contribution >= 0.6 is 11.6 Å². The lowest BCUT2D eigenvalue weighted by Crippen LogP contribution is -2.36. The van der Waals surface area contributed by atoms with Crippen LogP contribution in [0.2, 0.25) is 5.02 Å². The van der Waals surface area contributed by atoms with Crippen LogP contribution in [0.1, 0.15) is 15.9 Å². The van der Waals surface area contributed by atoms with Gasteiger partial charge in [0.05, 0.1) is 11.3 Å². The molecule has 0 aromatic heterocycles. The quantitative estimate of drug-likeness (QED) is 0.629. The molecule has 1 aliphatic rings. The van der Waals surface area contributed by atoms with Gasteiger partial charge in [-0.3, -0.25) is 24.1 Å². The second-order valence-corrected chi connectivity index (χ2v) is 6.32. The van der Waals surface area contributed by atoms with Crippen molar-refractivity contribution in [3.63, 3.8) is 0 Å². The third-order valence-electron chi connectivity index (χ3n) is 3.99. The van der Waals surface area contributed by atoms with E-state index >= 15 is 0 Å². The summed E-state index contributed by atoms with van der Waals surface area (Å²) in [5.41, 5.74) is 1.93. The summed E-state index contributed by atoms with van der Waals surface area (Å²) in [6, 6.07) is 11.4. The zero-order chi connectivity index (χ0) is 19.6. The average Bonchev–Trinajstić information content (AvgIpc) is 2.88. The molecule has 0 radical (unpaired) electrons. The maximum atomic E-state index is 12.0. The predicted molar refractivity (Wildman–Crippen MR) is 98.9 cm³/mol. The van der Waals surface area contributed by atoms with Gasteiger partial charge in [0.15, 0.2) is 6.61 Å². The van der Waals surface area contributed by atoms with Gasteiger partial charge < -0.3 is 10.1 Å². The molecule has 1 aliphatic heterocycles. The number of rotatable bonds is 5. The highest BCUT2D eigenvalue weighted by atomic mass is 35.5. The van der Waals surface area contributed by atoms with Crippen LogP contribution in [0.15, 0.2) is 42.5 Å². The molecule has 0 atom stereocenters. The zero-order valence-electron chi connectivity index (χ0n) is 14.3. The number of ether oxygens (including phenoxy) is 1. The number of fused-ring (bicyclic) bond motifs is 1. The monoisotopic (exact) mass is 386 g/mol. The van der Waals surface area contributed by atoms with E-state index in [1.54, 1.807) is 36.4 Å². The molecule has 2 aromatic carbocycles. The van der Waals surface area contributed by atoms with E-state index in [1.807, 2.05) is 6.92 Å². The molecule has 0 aliphatic carbocycles. The molecule has 1 N–H and O–H groups in total. The van der Waals surface area contributed by atoms with Gasteiger partial charge >= 0.3 is 5.97 Å². The second kappa shape index (κ2) is 7.59. The third kappa shape index (κ3) is 3.98. The number of nitrogens with one attached hydrogen (secondary N) is 1. The van der Waals surface area contributed by atoms with Crippen LogP contribution in [0, 0.1) is 6.92 Å². The van der Waals surface area contributed by atoms with Gasteiger partial charge in [-0.1, -0.05) is 29.8 Å². The molecule has 0 saturated carbocycles. The highest BCUT2D eigenvalue weighted by Crippen LogP contribution is 2.28. The zero-order valence-corrected chi connectivity index (χ0v) is 15.1. The van der Waals surface area contributed by atoms with Crippen LogP contribution < -0.4 is 10.2 Å². The number of hydrogen-bond acceptors (Lipinski definition) is 5. The molecule has 2 amide bonds. The molecule has 0 unspecified atom stereocenters. The molecule has 138 valence electrons. The number of carbonyl (C=O) groups is 4. The van der Waals surface area contributed by atoms with Crippen LogP contribution in [0.5, 0.6) is 0 Å². The first-order chi connectivity index (χ1) is 12.9. The normalized spacial score (nSPS) is 12.7. The van der Waals surface area contributed by atoms with E-state index in [9.17, 15) is 19.2 Å². The summed E-state index contributed by atoms with van der Waals surface area (Å²) in [5, 5.41) is 3.06. The largest absolute Gasteiger partial charge is 0.454 e. The van der Waals surface area contributed by atoms with Crippen molar-refractivity contribution in [2.75, 3.05) is 23.4 Å². The number of benzene rings is 2. The fraction of sp³-hybridized carbons (Fsp3) is 0.158. The first-order valence-corrected chi connectivity index (χ1v) is 8.41. The number of Topliss-reactive ketones (excluding diaryl/α,β-unsaturated/α-hetero) is 1. The Kier molecular flexibility index (Phi) is 5.23. The lowest BCUT2D eigenvalue weighted by molar-refractivity contribution is -0.146. The Morgan fingerprint density at radius 2 is 1.89 bits per heavy atom. The minimum absolute atomic E-state index is 0.240. The SMILES string of the molecule is Cc1ccc(NC(=O)COC(=O)CN2C(=O)C(=O)c3ccccc32)cc1Cl. The van der Waals surface area contributed by atoms with E-state index in [1.165, 1.54) is 6.07 Å². The van der Waals surface area contributed by atoms with E-state index in [2.05, 4.69) is 5.32 Å². The summed E-state index contributed by atoms with van der Waals surface area (Å²) in [4.78, 5) is 48.8. The van der Waals surface area contributed by atoms with E-state index < -0.39 is 36.7 Å². The number of anilines is 2. The highest BCUT2D eigenvalue weighted by Gasteiger charge is 2.36. The van der Waals surface area contributed by atoms with E-state index in [0.717, 1.165) is 10.5 Å². The summed E-state index contributed by atoms with van der Waals surface area (Å²) in [6.45, 7) is 0.853. The summed E-state index contributed by atoms with van der Waals surface area (Å²) < 4.78 is 4.90. The summed E-state index contributed by atoms with van der Waals surface area (Å²) in [6.07, 6.45) is 0. The molecule has 7 nitrogen and oxygen atoms in total. The maximum absolute atomic E-state index is 12.0. The molecule has 1 heterocycles. The number of esters is 1. The molecule has 3 rings (SSSR count). The number of nitrogens with zero attached hydrogens (tertiary/aromatic N) is 1. The number of halogens is 1. The molecule has 0 spiro atoms. The van der Waals surface area contributed by atoms with E-state index in [-0.39, 0.29) is 5.56 Å².